The summed E-state index contributed by atoms with van der Waals surface area (Å²) in [5.41, 5.74) is 6.83. The predicted molar refractivity (Wildman–Crippen MR) is 85.1 cm³/mol. The van der Waals surface area contributed by atoms with Crippen LogP contribution < -0.4 is 5.73 Å². The molecule has 1 aliphatic heterocycles. The van der Waals surface area contributed by atoms with Gasteiger partial charge in [-0.15, -0.1) is 12.4 Å². The summed E-state index contributed by atoms with van der Waals surface area (Å²) >= 11 is 3.21. The Morgan fingerprint density at radius 1 is 1.50 bits per heavy atom. The molecule has 2 rings (SSSR count). The van der Waals surface area contributed by atoms with E-state index in [9.17, 15) is 10.1 Å². The molecule has 20 heavy (non-hydrogen) atoms. The lowest BCUT2D eigenvalue weighted by atomic mass is 9.98. The Balaban J connectivity index is 0.00000200. The number of halogens is 2. The van der Waals surface area contributed by atoms with E-state index in [1.165, 1.54) is 6.42 Å². The van der Waals surface area contributed by atoms with Gasteiger partial charge < -0.3 is 5.73 Å². The van der Waals surface area contributed by atoms with Crippen molar-refractivity contribution in [1.29, 1.82) is 0 Å². The molecule has 5 nitrogen and oxygen atoms in total. The summed E-state index contributed by atoms with van der Waals surface area (Å²) in [7, 11) is 0. The Labute approximate surface area is 133 Å². The molecule has 0 radical (unpaired) electrons. The van der Waals surface area contributed by atoms with Gasteiger partial charge in [0.2, 0.25) is 0 Å². The minimum absolute atomic E-state index is 0. The number of hydrogen-bond donors (Lipinski definition) is 1. The van der Waals surface area contributed by atoms with Crippen LogP contribution in [0.15, 0.2) is 22.7 Å². The number of piperidine rings is 1. The third kappa shape index (κ3) is 4.41. The Morgan fingerprint density at radius 2 is 2.25 bits per heavy atom. The fourth-order valence-electron chi connectivity index (χ4n) is 2.54. The van der Waals surface area contributed by atoms with E-state index >= 15 is 0 Å². The van der Waals surface area contributed by atoms with E-state index in [-0.39, 0.29) is 23.0 Å². The number of benzene rings is 1. The molecule has 1 saturated heterocycles. The molecule has 1 fully saturated rings. The number of rotatable bonds is 4. The van der Waals surface area contributed by atoms with Gasteiger partial charge in [-0.2, -0.15) is 0 Å². The van der Waals surface area contributed by atoms with Crippen LogP contribution in [0, 0.1) is 16.0 Å². The second-order valence-corrected chi connectivity index (χ2v) is 5.88. The molecule has 2 N–H and O–H groups in total. The van der Waals surface area contributed by atoms with Crippen LogP contribution in [0.5, 0.6) is 0 Å². The monoisotopic (exact) mass is 363 g/mol. The molecule has 112 valence electrons. The summed E-state index contributed by atoms with van der Waals surface area (Å²) in [5.74, 6) is 0.555. The van der Waals surface area contributed by atoms with Gasteiger partial charge in [-0.3, -0.25) is 15.0 Å². The maximum atomic E-state index is 10.9. The number of likely N-dealkylation sites (tertiary alicyclic amines) is 1. The summed E-state index contributed by atoms with van der Waals surface area (Å²) < 4.78 is 0.528. The molecule has 0 amide bonds. The van der Waals surface area contributed by atoms with E-state index in [2.05, 4.69) is 20.8 Å². The van der Waals surface area contributed by atoms with Crippen LogP contribution in [0.2, 0.25) is 0 Å². The van der Waals surface area contributed by atoms with E-state index in [4.69, 9.17) is 5.73 Å². The standard InChI is InChI=1S/C13H18BrN3O2.ClH/c14-12-4-3-10(6-13(12)17(18)19)8-16-5-1-2-11(7-15)9-16;/h3-4,6,11H,1-2,5,7-9,15H2;1H. The first-order valence-electron chi connectivity index (χ1n) is 6.45. The van der Waals surface area contributed by atoms with Crippen molar-refractivity contribution in [2.45, 2.75) is 19.4 Å². The van der Waals surface area contributed by atoms with Crippen molar-refractivity contribution in [2.24, 2.45) is 11.7 Å². The summed E-state index contributed by atoms with van der Waals surface area (Å²) in [6.07, 6.45) is 2.34. The molecule has 1 aromatic rings. The van der Waals surface area contributed by atoms with E-state index in [0.29, 0.717) is 10.4 Å². The average molecular weight is 365 g/mol. The van der Waals surface area contributed by atoms with Crippen LogP contribution >= 0.6 is 28.3 Å². The maximum Gasteiger partial charge on any atom is 0.283 e. The van der Waals surface area contributed by atoms with Crippen LogP contribution in [-0.4, -0.2) is 29.5 Å². The summed E-state index contributed by atoms with van der Waals surface area (Å²) in [6, 6.07) is 5.33. The zero-order valence-corrected chi connectivity index (χ0v) is 13.5. The molecule has 1 unspecified atom stereocenters. The lowest BCUT2D eigenvalue weighted by Crippen LogP contribution is -2.37. The first-order valence-corrected chi connectivity index (χ1v) is 7.24. The molecule has 1 aromatic carbocycles. The number of nitrogens with zero attached hydrogens (tertiary/aromatic N) is 2. The van der Waals surface area contributed by atoms with E-state index < -0.39 is 0 Å². The molecule has 0 spiro atoms. The first kappa shape index (κ1) is 17.4. The van der Waals surface area contributed by atoms with Crippen LogP contribution in [0.1, 0.15) is 18.4 Å². The molecular weight excluding hydrogens is 346 g/mol. The zero-order valence-electron chi connectivity index (χ0n) is 11.1. The third-order valence-electron chi connectivity index (χ3n) is 3.55. The van der Waals surface area contributed by atoms with Crippen molar-refractivity contribution in [3.05, 3.63) is 38.3 Å². The van der Waals surface area contributed by atoms with Gasteiger partial charge in [0.1, 0.15) is 0 Å². The van der Waals surface area contributed by atoms with Crippen LogP contribution in [-0.2, 0) is 6.54 Å². The second kappa shape index (κ2) is 7.93. The molecule has 7 heteroatoms. The summed E-state index contributed by atoms with van der Waals surface area (Å²) in [5, 5.41) is 10.9. The van der Waals surface area contributed by atoms with E-state index in [1.54, 1.807) is 12.1 Å². The van der Waals surface area contributed by atoms with Gasteiger partial charge in [-0.05, 0) is 59.4 Å². The molecule has 0 saturated carbocycles. The highest BCUT2D eigenvalue weighted by Gasteiger charge is 2.20. The lowest BCUT2D eigenvalue weighted by Gasteiger charge is -2.32. The maximum absolute atomic E-state index is 10.9. The van der Waals surface area contributed by atoms with Gasteiger partial charge in [-0.1, -0.05) is 6.07 Å². The molecule has 1 atom stereocenters. The Morgan fingerprint density at radius 3 is 2.90 bits per heavy atom. The average Bonchev–Trinajstić information content (AvgIpc) is 2.41. The lowest BCUT2D eigenvalue weighted by molar-refractivity contribution is -0.385. The quantitative estimate of drug-likeness (QED) is 0.658. The SMILES string of the molecule is Cl.NCC1CCCN(Cc2ccc(Br)c([N+](=O)[O-])c2)C1. The van der Waals surface area contributed by atoms with E-state index in [0.717, 1.165) is 38.2 Å². The minimum atomic E-state index is -0.355. The number of nitrogens with two attached hydrogens (primary N) is 1. The van der Waals surface area contributed by atoms with E-state index in [1.807, 2.05) is 6.07 Å². The first-order chi connectivity index (χ1) is 9.10. The normalized spacial score (nSPS) is 19.4. The van der Waals surface area contributed by atoms with Crippen molar-refractivity contribution in [1.82, 2.24) is 4.90 Å². The Bertz CT molecular complexity index is 473. The number of nitro groups is 1. The number of hydrogen-bond acceptors (Lipinski definition) is 4. The minimum Gasteiger partial charge on any atom is -0.330 e. The molecular formula is C13H19BrClN3O2. The Hall–Kier alpha value is -0.690. The van der Waals surface area contributed by atoms with Gasteiger partial charge in [0.15, 0.2) is 0 Å². The molecule has 1 heterocycles. The van der Waals surface area contributed by atoms with Gasteiger partial charge in [-0.25, -0.2) is 0 Å². The van der Waals surface area contributed by atoms with Crippen LogP contribution in [0.3, 0.4) is 0 Å². The zero-order chi connectivity index (χ0) is 13.8. The van der Waals surface area contributed by atoms with Crippen molar-refractivity contribution in [3.8, 4) is 0 Å². The molecule has 1 aliphatic rings. The Kier molecular flexibility index (Phi) is 6.88. The third-order valence-corrected chi connectivity index (χ3v) is 4.22. The highest BCUT2D eigenvalue weighted by molar-refractivity contribution is 9.10. The van der Waals surface area contributed by atoms with Crippen LogP contribution in [0.25, 0.3) is 0 Å². The van der Waals surface area contributed by atoms with Crippen molar-refractivity contribution in [3.63, 3.8) is 0 Å². The van der Waals surface area contributed by atoms with Gasteiger partial charge in [0.05, 0.1) is 9.40 Å². The fourth-order valence-corrected chi connectivity index (χ4v) is 2.93. The highest BCUT2D eigenvalue weighted by atomic mass is 79.9. The smallest absolute Gasteiger partial charge is 0.283 e. The summed E-state index contributed by atoms with van der Waals surface area (Å²) in [4.78, 5) is 12.9. The largest absolute Gasteiger partial charge is 0.330 e. The van der Waals surface area contributed by atoms with Crippen molar-refractivity contribution < 1.29 is 4.92 Å². The molecule has 0 aromatic heterocycles. The fraction of sp³-hybridized carbons (Fsp3) is 0.538. The summed E-state index contributed by atoms with van der Waals surface area (Å²) in [6.45, 7) is 3.50. The van der Waals surface area contributed by atoms with Crippen molar-refractivity contribution >= 4 is 34.0 Å². The van der Waals surface area contributed by atoms with Gasteiger partial charge >= 0.3 is 0 Å². The van der Waals surface area contributed by atoms with Crippen LogP contribution in [0.4, 0.5) is 5.69 Å². The van der Waals surface area contributed by atoms with Crippen molar-refractivity contribution in [2.75, 3.05) is 19.6 Å². The highest BCUT2D eigenvalue weighted by Crippen LogP contribution is 2.27. The topological polar surface area (TPSA) is 72.4 Å². The van der Waals surface area contributed by atoms with Gasteiger partial charge in [0, 0.05) is 19.2 Å². The molecule has 0 aliphatic carbocycles. The van der Waals surface area contributed by atoms with Gasteiger partial charge in [0.25, 0.3) is 5.69 Å². The molecule has 0 bridgehead atoms. The second-order valence-electron chi connectivity index (χ2n) is 5.02. The number of nitro benzene ring substituents is 1. The predicted octanol–water partition coefficient (Wildman–Crippen LogP) is 2.95.